The number of aromatic nitrogens is 4. The molecule has 0 aromatic carbocycles. The van der Waals surface area contributed by atoms with Gasteiger partial charge in [-0.3, -0.25) is 4.79 Å². The molecule has 22 heavy (non-hydrogen) atoms. The van der Waals surface area contributed by atoms with Gasteiger partial charge < -0.3 is 9.47 Å². The third-order valence-corrected chi connectivity index (χ3v) is 2.90. The highest BCUT2D eigenvalue weighted by atomic mass is 16.5. The number of carbonyl (C=O) groups excluding carboxylic acids is 1. The summed E-state index contributed by atoms with van der Waals surface area (Å²) in [7, 11) is 0. The number of unbranched alkanes of at least 4 members (excludes halogenated alkanes) is 1. The first-order valence-corrected chi connectivity index (χ1v) is 7.39. The topological polar surface area (TPSA) is 79.1 Å². The summed E-state index contributed by atoms with van der Waals surface area (Å²) in [4.78, 5) is 20.2. The van der Waals surface area contributed by atoms with Gasteiger partial charge in [-0.25, -0.2) is 9.67 Å². The van der Waals surface area contributed by atoms with E-state index >= 15 is 0 Å². The fourth-order valence-electron chi connectivity index (χ4n) is 1.81. The van der Waals surface area contributed by atoms with Crippen molar-refractivity contribution in [2.45, 2.75) is 33.1 Å². The van der Waals surface area contributed by atoms with Crippen molar-refractivity contribution in [1.29, 1.82) is 0 Å². The molecule has 0 aliphatic rings. The van der Waals surface area contributed by atoms with Gasteiger partial charge in [0.05, 0.1) is 19.6 Å². The first-order valence-electron chi connectivity index (χ1n) is 7.39. The highest BCUT2D eigenvalue weighted by Crippen LogP contribution is 2.17. The second-order valence-electron chi connectivity index (χ2n) is 4.63. The van der Waals surface area contributed by atoms with Crippen LogP contribution in [0.4, 0.5) is 0 Å². The maximum absolute atomic E-state index is 11.7. The predicted molar refractivity (Wildman–Crippen MR) is 79.9 cm³/mol. The summed E-state index contributed by atoms with van der Waals surface area (Å²) in [5, 5.41) is 4.09. The van der Waals surface area contributed by atoms with Crippen LogP contribution in [0.3, 0.4) is 0 Å². The average molecular weight is 304 g/mol. The summed E-state index contributed by atoms with van der Waals surface area (Å²) in [5.74, 6) is 0.490. The lowest BCUT2D eigenvalue weighted by Crippen LogP contribution is -2.12. The Balaban J connectivity index is 2.21. The monoisotopic (exact) mass is 304 g/mol. The van der Waals surface area contributed by atoms with E-state index in [1.807, 2.05) is 0 Å². The molecular weight excluding hydrogens is 284 g/mol. The third-order valence-electron chi connectivity index (χ3n) is 2.90. The van der Waals surface area contributed by atoms with Crippen molar-refractivity contribution in [3.63, 3.8) is 0 Å². The lowest BCUT2D eigenvalue weighted by molar-refractivity contribution is -0.142. The van der Waals surface area contributed by atoms with Gasteiger partial charge in [-0.1, -0.05) is 13.3 Å². The van der Waals surface area contributed by atoms with Crippen LogP contribution in [0.5, 0.6) is 5.88 Å². The van der Waals surface area contributed by atoms with E-state index in [1.54, 1.807) is 36.3 Å². The van der Waals surface area contributed by atoms with E-state index in [9.17, 15) is 4.79 Å². The zero-order valence-electron chi connectivity index (χ0n) is 12.9. The number of esters is 1. The van der Waals surface area contributed by atoms with Crippen LogP contribution in [0.25, 0.3) is 5.95 Å². The largest absolute Gasteiger partial charge is 0.477 e. The molecule has 0 saturated heterocycles. The van der Waals surface area contributed by atoms with Crippen LogP contribution in [-0.2, 0) is 16.0 Å². The molecule has 7 nitrogen and oxygen atoms in total. The van der Waals surface area contributed by atoms with Gasteiger partial charge in [-0.05, 0) is 19.4 Å². The summed E-state index contributed by atoms with van der Waals surface area (Å²) in [6.07, 6.45) is 7.00. The summed E-state index contributed by atoms with van der Waals surface area (Å²) >= 11 is 0. The molecule has 0 unspecified atom stereocenters. The minimum atomic E-state index is -0.321. The minimum absolute atomic E-state index is 0.0919. The quantitative estimate of drug-likeness (QED) is 0.548. The molecule has 0 radical (unpaired) electrons. The smallest absolute Gasteiger partial charge is 0.310 e. The Bertz CT molecular complexity index is 599. The Kier molecular flexibility index (Phi) is 5.88. The number of ether oxygens (including phenoxy) is 2. The Labute approximate surface area is 129 Å². The number of hydrogen-bond acceptors (Lipinski definition) is 6. The molecule has 2 aromatic heterocycles. The van der Waals surface area contributed by atoms with Gasteiger partial charge in [0.15, 0.2) is 0 Å². The Hall–Kier alpha value is -2.44. The number of hydrogen-bond donors (Lipinski definition) is 0. The van der Waals surface area contributed by atoms with Gasteiger partial charge in [0.25, 0.3) is 5.95 Å². The van der Waals surface area contributed by atoms with Crippen LogP contribution in [-0.4, -0.2) is 38.9 Å². The molecule has 0 aliphatic heterocycles. The SMILES string of the molecule is CCCCOc1nc(-n2cccn2)ncc1CC(=O)OCC. The maximum atomic E-state index is 11.7. The van der Waals surface area contributed by atoms with Crippen LogP contribution in [0.15, 0.2) is 24.7 Å². The van der Waals surface area contributed by atoms with Crippen molar-refractivity contribution in [2.75, 3.05) is 13.2 Å². The molecule has 7 heteroatoms. The van der Waals surface area contributed by atoms with Crippen molar-refractivity contribution >= 4 is 5.97 Å². The third kappa shape index (κ3) is 4.28. The van der Waals surface area contributed by atoms with E-state index in [0.717, 1.165) is 12.8 Å². The van der Waals surface area contributed by atoms with Crippen molar-refractivity contribution in [3.8, 4) is 11.8 Å². The molecule has 0 bridgehead atoms. The van der Waals surface area contributed by atoms with Gasteiger partial charge in [-0.15, -0.1) is 0 Å². The highest BCUT2D eigenvalue weighted by Gasteiger charge is 2.14. The molecule has 0 spiro atoms. The molecule has 0 aliphatic carbocycles. The molecule has 2 heterocycles. The molecule has 2 rings (SSSR count). The second-order valence-corrected chi connectivity index (χ2v) is 4.63. The van der Waals surface area contributed by atoms with Crippen LogP contribution >= 0.6 is 0 Å². The van der Waals surface area contributed by atoms with Crippen molar-refractivity contribution in [1.82, 2.24) is 19.7 Å². The van der Waals surface area contributed by atoms with Crippen LogP contribution in [0.2, 0.25) is 0 Å². The average Bonchev–Trinajstić information content (AvgIpc) is 3.03. The Morgan fingerprint density at radius 1 is 1.36 bits per heavy atom. The van der Waals surface area contributed by atoms with Gasteiger partial charge in [0.2, 0.25) is 5.88 Å². The van der Waals surface area contributed by atoms with Gasteiger partial charge >= 0.3 is 5.97 Å². The fraction of sp³-hybridized carbons (Fsp3) is 0.467. The second kappa shape index (κ2) is 8.11. The first-order chi connectivity index (χ1) is 10.7. The molecule has 0 N–H and O–H groups in total. The van der Waals surface area contributed by atoms with E-state index < -0.39 is 0 Å². The summed E-state index contributed by atoms with van der Waals surface area (Å²) < 4.78 is 12.2. The first kappa shape index (κ1) is 15.9. The molecular formula is C15H20N4O3. The molecule has 0 saturated carbocycles. The van der Waals surface area contributed by atoms with Crippen molar-refractivity contribution in [2.24, 2.45) is 0 Å². The number of nitrogens with zero attached hydrogens (tertiary/aromatic N) is 4. The molecule has 2 aromatic rings. The van der Waals surface area contributed by atoms with E-state index in [2.05, 4.69) is 22.0 Å². The zero-order valence-corrected chi connectivity index (χ0v) is 12.9. The molecule has 0 fully saturated rings. The molecule has 0 atom stereocenters. The Morgan fingerprint density at radius 2 is 2.23 bits per heavy atom. The highest BCUT2D eigenvalue weighted by molar-refractivity contribution is 5.73. The standard InChI is InChI=1S/C15H20N4O3/c1-3-5-9-22-14-12(10-13(20)21-4-2)11-16-15(18-14)19-8-6-7-17-19/h6-8,11H,3-5,9-10H2,1-2H3. The zero-order chi connectivity index (χ0) is 15.8. The minimum Gasteiger partial charge on any atom is -0.477 e. The summed E-state index contributed by atoms with van der Waals surface area (Å²) in [5.41, 5.74) is 0.616. The van der Waals surface area contributed by atoms with E-state index in [-0.39, 0.29) is 12.4 Å². The maximum Gasteiger partial charge on any atom is 0.310 e. The van der Waals surface area contributed by atoms with Crippen LogP contribution in [0.1, 0.15) is 32.3 Å². The van der Waals surface area contributed by atoms with Crippen molar-refractivity contribution in [3.05, 3.63) is 30.2 Å². The molecule has 0 amide bonds. The number of rotatable bonds is 8. The lowest BCUT2D eigenvalue weighted by atomic mass is 10.2. The number of carbonyl (C=O) groups is 1. The van der Waals surface area contributed by atoms with Crippen molar-refractivity contribution < 1.29 is 14.3 Å². The Morgan fingerprint density at radius 3 is 2.91 bits per heavy atom. The predicted octanol–water partition coefficient (Wildman–Crippen LogP) is 1.95. The lowest BCUT2D eigenvalue weighted by Gasteiger charge is -2.11. The summed E-state index contributed by atoms with van der Waals surface area (Å²) in [6.45, 7) is 4.74. The van der Waals surface area contributed by atoms with E-state index in [0.29, 0.717) is 30.6 Å². The van der Waals surface area contributed by atoms with Gasteiger partial charge in [0.1, 0.15) is 0 Å². The van der Waals surface area contributed by atoms with Gasteiger partial charge in [0, 0.05) is 24.2 Å². The normalized spacial score (nSPS) is 10.5. The van der Waals surface area contributed by atoms with Crippen LogP contribution < -0.4 is 4.74 Å². The summed E-state index contributed by atoms with van der Waals surface area (Å²) in [6, 6.07) is 1.79. The van der Waals surface area contributed by atoms with E-state index in [1.165, 1.54) is 0 Å². The fourth-order valence-corrected chi connectivity index (χ4v) is 1.81. The van der Waals surface area contributed by atoms with Crippen LogP contribution in [0, 0.1) is 0 Å². The van der Waals surface area contributed by atoms with E-state index in [4.69, 9.17) is 9.47 Å². The van der Waals surface area contributed by atoms with Gasteiger partial charge in [-0.2, -0.15) is 10.1 Å². The molecule has 118 valence electrons.